The molecule has 0 spiro atoms. The minimum absolute atomic E-state index is 0.220. The van der Waals surface area contributed by atoms with Gasteiger partial charge in [-0.15, -0.1) is 0 Å². The average molecular weight is 220 g/mol. The number of hydrogen-bond donors (Lipinski definition) is 1. The van der Waals surface area contributed by atoms with E-state index < -0.39 is 0 Å². The maximum atomic E-state index is 6.25. The molecule has 0 amide bonds. The summed E-state index contributed by atoms with van der Waals surface area (Å²) >= 11 is 0. The molecule has 1 aromatic heterocycles. The van der Waals surface area contributed by atoms with Crippen molar-refractivity contribution < 1.29 is 4.74 Å². The number of nitrogens with two attached hydrogens (primary N) is 1. The van der Waals surface area contributed by atoms with E-state index in [4.69, 9.17) is 10.5 Å². The highest BCUT2D eigenvalue weighted by molar-refractivity contribution is 5.18. The summed E-state index contributed by atoms with van der Waals surface area (Å²) in [6, 6.07) is 4.29. The van der Waals surface area contributed by atoms with Crippen LogP contribution in [0.5, 0.6) is 0 Å². The monoisotopic (exact) mass is 220 g/mol. The first-order chi connectivity index (χ1) is 7.77. The van der Waals surface area contributed by atoms with Crippen LogP contribution >= 0.6 is 0 Å². The van der Waals surface area contributed by atoms with Crippen molar-refractivity contribution in [2.75, 3.05) is 13.2 Å². The van der Waals surface area contributed by atoms with Gasteiger partial charge >= 0.3 is 0 Å². The standard InChI is InChI=1S/C13H20N2O/c1-10-3-2-6-15-13(10)9-12(14)11-4-7-16-8-5-11/h2-3,6,11-12H,4-5,7-9,14H2,1H3. The van der Waals surface area contributed by atoms with Crippen LogP contribution in [0.3, 0.4) is 0 Å². The van der Waals surface area contributed by atoms with Gasteiger partial charge in [-0.05, 0) is 37.3 Å². The van der Waals surface area contributed by atoms with Crippen molar-refractivity contribution in [1.82, 2.24) is 4.98 Å². The number of pyridine rings is 1. The lowest BCUT2D eigenvalue weighted by atomic mass is 9.89. The first-order valence-electron chi connectivity index (χ1n) is 6.01. The van der Waals surface area contributed by atoms with Gasteiger partial charge in [-0.2, -0.15) is 0 Å². The molecule has 1 saturated heterocycles. The molecule has 3 heteroatoms. The second kappa shape index (κ2) is 5.41. The third-order valence-electron chi connectivity index (χ3n) is 3.42. The fourth-order valence-corrected chi connectivity index (χ4v) is 2.27. The second-order valence-corrected chi connectivity index (χ2v) is 4.58. The Labute approximate surface area is 97.0 Å². The number of aryl methyl sites for hydroxylation is 1. The van der Waals surface area contributed by atoms with Crippen molar-refractivity contribution in [1.29, 1.82) is 0 Å². The Morgan fingerprint density at radius 1 is 1.50 bits per heavy atom. The molecule has 1 aliphatic heterocycles. The van der Waals surface area contributed by atoms with Gasteiger partial charge in [-0.3, -0.25) is 4.98 Å². The maximum Gasteiger partial charge on any atom is 0.0469 e. The van der Waals surface area contributed by atoms with Gasteiger partial charge in [0.15, 0.2) is 0 Å². The fourth-order valence-electron chi connectivity index (χ4n) is 2.27. The zero-order chi connectivity index (χ0) is 11.4. The van der Waals surface area contributed by atoms with Crippen LogP contribution in [-0.4, -0.2) is 24.2 Å². The number of nitrogens with zero attached hydrogens (tertiary/aromatic N) is 1. The van der Waals surface area contributed by atoms with Gasteiger partial charge in [0, 0.05) is 37.6 Å². The largest absolute Gasteiger partial charge is 0.381 e. The van der Waals surface area contributed by atoms with Crippen molar-refractivity contribution in [3.63, 3.8) is 0 Å². The van der Waals surface area contributed by atoms with E-state index in [9.17, 15) is 0 Å². The smallest absolute Gasteiger partial charge is 0.0469 e. The summed E-state index contributed by atoms with van der Waals surface area (Å²) in [6.07, 6.45) is 4.91. The summed E-state index contributed by atoms with van der Waals surface area (Å²) in [5, 5.41) is 0. The molecule has 1 atom stereocenters. The number of ether oxygens (including phenoxy) is 1. The Morgan fingerprint density at radius 2 is 2.25 bits per heavy atom. The summed E-state index contributed by atoms with van der Waals surface area (Å²) in [5.41, 5.74) is 8.63. The Balaban J connectivity index is 1.96. The SMILES string of the molecule is Cc1cccnc1CC(N)C1CCOCC1. The Kier molecular flexibility index (Phi) is 3.91. The summed E-state index contributed by atoms with van der Waals surface area (Å²) in [7, 11) is 0. The Morgan fingerprint density at radius 3 is 2.94 bits per heavy atom. The quantitative estimate of drug-likeness (QED) is 0.843. The van der Waals surface area contributed by atoms with Gasteiger partial charge in [0.25, 0.3) is 0 Å². The zero-order valence-corrected chi connectivity index (χ0v) is 9.86. The Hall–Kier alpha value is -0.930. The zero-order valence-electron chi connectivity index (χ0n) is 9.86. The van der Waals surface area contributed by atoms with E-state index >= 15 is 0 Å². The van der Waals surface area contributed by atoms with Gasteiger partial charge in [0.2, 0.25) is 0 Å². The van der Waals surface area contributed by atoms with Crippen LogP contribution in [0.4, 0.5) is 0 Å². The van der Waals surface area contributed by atoms with Crippen LogP contribution < -0.4 is 5.73 Å². The molecule has 2 N–H and O–H groups in total. The third kappa shape index (κ3) is 2.80. The van der Waals surface area contributed by atoms with Crippen LogP contribution in [0.2, 0.25) is 0 Å². The van der Waals surface area contributed by atoms with Crippen molar-refractivity contribution in [2.45, 2.75) is 32.2 Å². The third-order valence-corrected chi connectivity index (χ3v) is 3.42. The summed E-state index contributed by atoms with van der Waals surface area (Å²) in [6.45, 7) is 3.82. The van der Waals surface area contributed by atoms with Gasteiger partial charge in [-0.25, -0.2) is 0 Å². The lowest BCUT2D eigenvalue weighted by molar-refractivity contribution is 0.0583. The van der Waals surface area contributed by atoms with E-state index in [1.807, 2.05) is 12.3 Å². The van der Waals surface area contributed by atoms with Crippen molar-refractivity contribution in [2.24, 2.45) is 11.7 Å². The average Bonchev–Trinajstić information content (AvgIpc) is 2.33. The normalized spacial score (nSPS) is 19.6. The molecule has 0 bridgehead atoms. The van der Waals surface area contributed by atoms with Gasteiger partial charge in [-0.1, -0.05) is 6.07 Å². The van der Waals surface area contributed by atoms with Gasteiger partial charge in [0.1, 0.15) is 0 Å². The van der Waals surface area contributed by atoms with Gasteiger partial charge < -0.3 is 10.5 Å². The number of rotatable bonds is 3. The van der Waals surface area contributed by atoms with E-state index in [1.54, 1.807) is 0 Å². The van der Waals surface area contributed by atoms with E-state index in [2.05, 4.69) is 18.0 Å². The van der Waals surface area contributed by atoms with E-state index in [0.717, 1.165) is 38.2 Å². The number of hydrogen-bond acceptors (Lipinski definition) is 3. The van der Waals surface area contributed by atoms with Crippen LogP contribution in [0.15, 0.2) is 18.3 Å². The first kappa shape index (κ1) is 11.6. The predicted molar refractivity (Wildman–Crippen MR) is 64.2 cm³/mol. The molecular formula is C13H20N2O. The van der Waals surface area contributed by atoms with Crippen LogP contribution in [-0.2, 0) is 11.2 Å². The molecule has 3 nitrogen and oxygen atoms in total. The van der Waals surface area contributed by atoms with E-state index in [-0.39, 0.29) is 6.04 Å². The minimum Gasteiger partial charge on any atom is -0.381 e. The second-order valence-electron chi connectivity index (χ2n) is 4.58. The molecule has 0 radical (unpaired) electrons. The number of aromatic nitrogens is 1. The topological polar surface area (TPSA) is 48.1 Å². The van der Waals surface area contributed by atoms with Crippen LogP contribution in [0, 0.1) is 12.8 Å². The predicted octanol–water partition coefficient (Wildman–Crippen LogP) is 1.69. The molecule has 16 heavy (non-hydrogen) atoms. The molecule has 1 fully saturated rings. The molecule has 0 aromatic carbocycles. The van der Waals surface area contributed by atoms with Crippen LogP contribution in [0.25, 0.3) is 0 Å². The lowest BCUT2D eigenvalue weighted by Gasteiger charge is -2.27. The molecule has 2 rings (SSSR count). The summed E-state index contributed by atoms with van der Waals surface area (Å²) in [5.74, 6) is 0.593. The lowest BCUT2D eigenvalue weighted by Crippen LogP contribution is -2.36. The van der Waals surface area contributed by atoms with E-state index in [0.29, 0.717) is 5.92 Å². The fraction of sp³-hybridized carbons (Fsp3) is 0.615. The van der Waals surface area contributed by atoms with Crippen molar-refractivity contribution >= 4 is 0 Å². The highest BCUT2D eigenvalue weighted by Crippen LogP contribution is 2.20. The molecule has 88 valence electrons. The maximum absolute atomic E-state index is 6.25. The molecular weight excluding hydrogens is 200 g/mol. The highest BCUT2D eigenvalue weighted by Gasteiger charge is 2.21. The highest BCUT2D eigenvalue weighted by atomic mass is 16.5. The first-order valence-corrected chi connectivity index (χ1v) is 6.01. The molecule has 1 aliphatic rings. The molecule has 1 aromatic rings. The molecule has 2 heterocycles. The van der Waals surface area contributed by atoms with Crippen molar-refractivity contribution in [3.05, 3.63) is 29.6 Å². The molecule has 0 saturated carbocycles. The molecule has 1 unspecified atom stereocenters. The summed E-state index contributed by atoms with van der Waals surface area (Å²) in [4.78, 5) is 4.40. The van der Waals surface area contributed by atoms with E-state index in [1.165, 1.54) is 5.56 Å². The van der Waals surface area contributed by atoms with Gasteiger partial charge in [0.05, 0.1) is 0 Å². The van der Waals surface area contributed by atoms with Crippen LogP contribution in [0.1, 0.15) is 24.1 Å². The Bertz CT molecular complexity index is 334. The minimum atomic E-state index is 0.220. The molecule has 0 aliphatic carbocycles. The summed E-state index contributed by atoms with van der Waals surface area (Å²) < 4.78 is 5.35. The van der Waals surface area contributed by atoms with Crippen molar-refractivity contribution in [3.8, 4) is 0 Å².